The first-order valence-electron chi connectivity index (χ1n) is 14.4. The fourth-order valence-corrected chi connectivity index (χ4v) is 4.66. The smallest absolute Gasteiger partial charge is 0.327 e. The Morgan fingerprint density at radius 3 is 1.72 bits per heavy atom. The van der Waals surface area contributed by atoms with E-state index in [4.69, 9.17) is 5.73 Å². The van der Waals surface area contributed by atoms with Crippen molar-refractivity contribution in [1.82, 2.24) is 21.3 Å². The number of benzene rings is 2. The van der Waals surface area contributed by atoms with Crippen LogP contribution in [0, 0.1) is 5.82 Å². The minimum Gasteiger partial charge on any atom is -0.508 e. The van der Waals surface area contributed by atoms with Gasteiger partial charge in [-0.1, -0.05) is 24.3 Å². The first kappa shape index (κ1) is 38.4. The highest BCUT2D eigenvalue weighted by Crippen LogP contribution is 2.20. The highest BCUT2D eigenvalue weighted by Gasteiger charge is 2.38. The number of halogens is 1. The van der Waals surface area contributed by atoms with Crippen molar-refractivity contribution in [3.05, 3.63) is 65.5 Å². The lowest BCUT2D eigenvalue weighted by atomic mass is 9.99. The van der Waals surface area contributed by atoms with Crippen LogP contribution in [0.15, 0.2) is 48.5 Å². The topological polar surface area (TPSA) is 200 Å². The number of nitrogens with two attached hydrogens (primary N) is 1. The molecule has 0 saturated heterocycles. The molecule has 0 heterocycles. The second-order valence-electron chi connectivity index (χ2n) is 12.1. The Morgan fingerprint density at radius 2 is 1.22 bits per heavy atom. The van der Waals surface area contributed by atoms with Crippen LogP contribution >= 0.6 is 25.3 Å². The van der Waals surface area contributed by atoms with Crippen molar-refractivity contribution in [3.8, 4) is 5.75 Å². The third-order valence-electron chi connectivity index (χ3n) is 6.96. The van der Waals surface area contributed by atoms with Crippen molar-refractivity contribution in [2.24, 2.45) is 5.73 Å². The van der Waals surface area contributed by atoms with Gasteiger partial charge in [0.1, 0.15) is 35.7 Å². The van der Waals surface area contributed by atoms with Gasteiger partial charge in [0.15, 0.2) is 0 Å². The number of carbonyl (C=O) groups is 5. The number of thiol groups is 2. The molecule has 2 aromatic carbocycles. The number of phenolic OH excluding ortho intramolecular Hbond substituents is 1. The van der Waals surface area contributed by atoms with Crippen LogP contribution in [0.4, 0.5) is 4.39 Å². The summed E-state index contributed by atoms with van der Waals surface area (Å²) in [6.07, 6.45) is -0.00393. The summed E-state index contributed by atoms with van der Waals surface area (Å²) in [6.45, 7) is 7.53. The Labute approximate surface area is 278 Å². The third-order valence-corrected chi connectivity index (χ3v) is 7.48. The molecule has 0 radical (unpaired) electrons. The maximum absolute atomic E-state index is 13.5. The zero-order valence-electron chi connectivity index (χ0n) is 26.2. The number of aromatic hydroxyl groups is 1. The van der Waals surface area contributed by atoms with Crippen LogP contribution in [0.5, 0.6) is 5.75 Å². The van der Waals surface area contributed by atoms with Gasteiger partial charge in [0.2, 0.25) is 23.6 Å². The van der Waals surface area contributed by atoms with E-state index < -0.39 is 75.1 Å². The van der Waals surface area contributed by atoms with Gasteiger partial charge in [-0.25, -0.2) is 9.18 Å². The van der Waals surface area contributed by atoms with Gasteiger partial charge in [0, 0.05) is 15.9 Å². The van der Waals surface area contributed by atoms with Crippen molar-refractivity contribution in [1.29, 1.82) is 0 Å². The molecule has 2 aromatic rings. The van der Waals surface area contributed by atoms with Gasteiger partial charge in [-0.15, -0.1) is 0 Å². The lowest BCUT2D eigenvalue weighted by Crippen LogP contribution is -2.62. The number of carboxylic acid groups (broad SMARTS) is 1. The number of aliphatic carboxylic acids is 1. The zero-order valence-corrected chi connectivity index (χ0v) is 28.0. The molecule has 2 rings (SSSR count). The van der Waals surface area contributed by atoms with Crippen molar-refractivity contribution in [2.45, 2.75) is 87.2 Å². The summed E-state index contributed by atoms with van der Waals surface area (Å²) in [5, 5.41) is 29.1. The fraction of sp³-hybridized carbons (Fsp3) is 0.452. The average molecular weight is 680 g/mol. The van der Waals surface area contributed by atoms with Crippen LogP contribution in [0.25, 0.3) is 0 Å². The summed E-state index contributed by atoms with van der Waals surface area (Å²) in [6, 6.07) is 5.08. The number of hydrogen-bond donors (Lipinski definition) is 9. The highest BCUT2D eigenvalue weighted by molar-refractivity contribution is 7.82. The normalized spacial score (nSPS) is 15.0. The summed E-state index contributed by atoms with van der Waals surface area (Å²) in [5.41, 5.74) is 7.22. The molecular formula is C31H42FN5O7S2. The zero-order chi connectivity index (χ0) is 35.0. The van der Waals surface area contributed by atoms with Crippen LogP contribution in [-0.4, -0.2) is 79.5 Å². The van der Waals surface area contributed by atoms with Gasteiger partial charge in [0.05, 0.1) is 6.04 Å². The molecule has 252 valence electrons. The van der Waals surface area contributed by atoms with E-state index in [0.717, 1.165) is 0 Å². The molecule has 0 aliphatic carbocycles. The summed E-state index contributed by atoms with van der Waals surface area (Å²) in [5.74, 6) is -4.83. The number of rotatable bonds is 15. The monoisotopic (exact) mass is 679 g/mol. The van der Waals surface area contributed by atoms with Crippen LogP contribution in [-0.2, 0) is 36.8 Å². The molecule has 0 aliphatic heterocycles. The van der Waals surface area contributed by atoms with Crippen molar-refractivity contribution < 1.29 is 38.6 Å². The van der Waals surface area contributed by atoms with Gasteiger partial charge in [-0.05, 0) is 76.4 Å². The molecule has 15 heteroatoms. The Morgan fingerprint density at radius 1 is 0.739 bits per heavy atom. The van der Waals surface area contributed by atoms with Gasteiger partial charge < -0.3 is 37.2 Å². The van der Waals surface area contributed by atoms with E-state index in [1.165, 1.54) is 57.2 Å². The lowest BCUT2D eigenvalue weighted by molar-refractivity contribution is -0.143. The molecule has 0 saturated carbocycles. The Hall–Kier alpha value is -3.82. The molecule has 0 fully saturated rings. The molecule has 0 spiro atoms. The molecule has 4 amide bonds. The highest BCUT2D eigenvalue weighted by atomic mass is 32.1. The van der Waals surface area contributed by atoms with Gasteiger partial charge in [-0.3, -0.25) is 19.2 Å². The van der Waals surface area contributed by atoms with Crippen molar-refractivity contribution >= 4 is 54.9 Å². The predicted molar refractivity (Wildman–Crippen MR) is 177 cm³/mol. The maximum Gasteiger partial charge on any atom is 0.327 e. The van der Waals surface area contributed by atoms with E-state index in [-0.39, 0.29) is 18.6 Å². The van der Waals surface area contributed by atoms with E-state index in [1.807, 2.05) is 0 Å². The standard InChI is InChI=1S/C31H42FN5O7S2/c1-16(34-28(42)23(30(2,3)45)36-26(40)21(33)14-17-8-12-20(38)13-9-17)25(39)35-22(15-18-6-10-19(32)11-7-18)27(41)37-24(29(43)44)31(4,5)46/h6-13,16,21-24,38,45-46H,14-15,33H2,1-5H3,(H,34,42)(H,35,39)(H,36,40)(H,37,41)(H,43,44)/t16-,21-,22-,23-,24-/m0/s1. The number of carboxylic acids is 1. The lowest BCUT2D eigenvalue weighted by Gasteiger charge is -2.32. The number of nitrogens with one attached hydrogen (secondary N) is 4. The Balaban J connectivity index is 2.18. The van der Waals surface area contributed by atoms with Gasteiger partial charge >= 0.3 is 5.97 Å². The summed E-state index contributed by atoms with van der Waals surface area (Å²) in [7, 11) is 0. The molecule has 0 aromatic heterocycles. The summed E-state index contributed by atoms with van der Waals surface area (Å²) in [4.78, 5) is 64.6. The molecule has 8 N–H and O–H groups in total. The predicted octanol–water partition coefficient (Wildman–Crippen LogP) is 1.10. The van der Waals surface area contributed by atoms with E-state index in [0.29, 0.717) is 11.1 Å². The van der Waals surface area contributed by atoms with Gasteiger partial charge in [-0.2, -0.15) is 25.3 Å². The minimum absolute atomic E-state index is 0.0574. The number of carbonyl (C=O) groups excluding carboxylic acids is 4. The number of hydrogen-bond acceptors (Lipinski definition) is 9. The second kappa shape index (κ2) is 16.1. The average Bonchev–Trinajstić information content (AvgIpc) is 2.94. The van der Waals surface area contributed by atoms with E-state index in [2.05, 4.69) is 46.5 Å². The summed E-state index contributed by atoms with van der Waals surface area (Å²) < 4.78 is 11.2. The number of amides is 4. The Bertz CT molecular complexity index is 1400. The quantitative estimate of drug-likeness (QED) is 0.125. The van der Waals surface area contributed by atoms with Gasteiger partial charge in [0.25, 0.3) is 0 Å². The van der Waals surface area contributed by atoms with Crippen molar-refractivity contribution in [2.75, 3.05) is 0 Å². The fourth-order valence-electron chi connectivity index (χ4n) is 4.30. The molecule has 12 nitrogen and oxygen atoms in total. The molecule has 46 heavy (non-hydrogen) atoms. The first-order chi connectivity index (χ1) is 21.2. The molecule has 0 bridgehead atoms. The van der Waals surface area contributed by atoms with E-state index in [1.54, 1.807) is 26.0 Å². The van der Waals surface area contributed by atoms with Crippen LogP contribution < -0.4 is 27.0 Å². The SMILES string of the molecule is C[C@H](NC(=O)[C@H](NC(=O)[C@@H](N)Cc1ccc(O)cc1)C(C)(C)S)C(=O)N[C@@H](Cc1ccc(F)cc1)C(=O)N[C@@H](C(=O)O)C(C)(C)S. The number of phenols is 1. The molecule has 5 atom stereocenters. The second-order valence-corrected chi connectivity index (χ2v) is 14.4. The van der Waals surface area contributed by atoms with E-state index in [9.17, 15) is 38.6 Å². The van der Waals surface area contributed by atoms with Crippen molar-refractivity contribution in [3.63, 3.8) is 0 Å². The minimum atomic E-state index is -1.42. The largest absolute Gasteiger partial charge is 0.508 e. The van der Waals surface area contributed by atoms with Crippen LogP contribution in [0.1, 0.15) is 45.7 Å². The van der Waals surface area contributed by atoms with Crippen LogP contribution in [0.2, 0.25) is 0 Å². The first-order valence-corrected chi connectivity index (χ1v) is 15.3. The maximum atomic E-state index is 13.5. The molecule has 0 aliphatic rings. The summed E-state index contributed by atoms with van der Waals surface area (Å²) >= 11 is 8.72. The third kappa shape index (κ3) is 11.8. The molecule has 0 unspecified atom stereocenters. The Kier molecular flexibility index (Phi) is 13.5. The molecular weight excluding hydrogens is 638 g/mol. The van der Waals surface area contributed by atoms with E-state index >= 15 is 0 Å². The van der Waals surface area contributed by atoms with Crippen LogP contribution in [0.3, 0.4) is 0 Å².